The third-order valence-electron chi connectivity index (χ3n) is 2.62. The number of pyridine rings is 1. The Kier molecular flexibility index (Phi) is 6.09. The van der Waals surface area contributed by atoms with Gasteiger partial charge in [-0.2, -0.15) is 0 Å². The zero-order chi connectivity index (χ0) is 17.0. The Bertz CT molecular complexity index is 734. The van der Waals surface area contributed by atoms with E-state index in [9.17, 15) is 9.59 Å². The first-order chi connectivity index (χ1) is 10.9. The van der Waals surface area contributed by atoms with Gasteiger partial charge in [0.05, 0.1) is 22.3 Å². The predicted octanol–water partition coefficient (Wildman–Crippen LogP) is 1.77. The molecule has 0 aliphatic carbocycles. The molecule has 0 atom stereocenters. The van der Waals surface area contributed by atoms with Gasteiger partial charge in [-0.1, -0.05) is 35.0 Å². The molecule has 0 aromatic carbocycles. The Morgan fingerprint density at radius 1 is 1.30 bits per heavy atom. The van der Waals surface area contributed by atoms with E-state index in [1.807, 2.05) is 13.8 Å². The van der Waals surface area contributed by atoms with Gasteiger partial charge in [0.1, 0.15) is 0 Å². The van der Waals surface area contributed by atoms with Gasteiger partial charge in [-0.05, 0) is 19.9 Å². The van der Waals surface area contributed by atoms with E-state index >= 15 is 0 Å². The Morgan fingerprint density at radius 2 is 2.04 bits per heavy atom. The van der Waals surface area contributed by atoms with E-state index in [0.29, 0.717) is 20.8 Å². The molecule has 23 heavy (non-hydrogen) atoms. The number of carbonyl (C=O) groups is 2. The second-order valence-electron chi connectivity index (χ2n) is 4.97. The average Bonchev–Trinajstić information content (AvgIpc) is 2.85. The molecule has 0 unspecified atom stereocenters. The van der Waals surface area contributed by atoms with Gasteiger partial charge in [-0.3, -0.25) is 14.0 Å². The van der Waals surface area contributed by atoms with Crippen molar-refractivity contribution in [2.45, 2.75) is 25.0 Å². The maximum Gasteiger partial charge on any atom is 0.239 e. The van der Waals surface area contributed by atoms with Crippen LogP contribution in [0.4, 0.5) is 0 Å². The number of hydrogen-bond donors (Lipinski definition) is 2. The Labute approximate surface area is 147 Å². The fraction of sp³-hybridized carbons (Fsp3) is 0.385. The third kappa shape index (κ3) is 4.98. The lowest BCUT2D eigenvalue weighted by Crippen LogP contribution is -2.40. The van der Waals surface area contributed by atoms with Crippen LogP contribution < -0.4 is 10.6 Å². The highest BCUT2D eigenvalue weighted by molar-refractivity contribution is 7.99. The number of carbonyl (C=O) groups excluding carboxylic acids is 2. The zero-order valence-corrected chi connectivity index (χ0v) is 14.8. The normalized spacial score (nSPS) is 11.0. The Morgan fingerprint density at radius 3 is 2.74 bits per heavy atom. The smallest absolute Gasteiger partial charge is 0.239 e. The maximum atomic E-state index is 11.8. The second kappa shape index (κ2) is 7.85. The highest BCUT2D eigenvalue weighted by Crippen LogP contribution is 2.25. The molecule has 0 bridgehead atoms. The molecule has 2 aromatic rings. The highest BCUT2D eigenvalue weighted by atomic mass is 35.5. The molecule has 7 nitrogen and oxygen atoms in total. The monoisotopic (exact) mass is 375 g/mol. The first-order valence-corrected chi connectivity index (χ1v) is 8.49. The van der Waals surface area contributed by atoms with Crippen LogP contribution in [0.2, 0.25) is 10.0 Å². The minimum Gasteiger partial charge on any atom is -0.352 e. The van der Waals surface area contributed by atoms with Gasteiger partial charge in [-0.25, -0.2) is 0 Å². The molecule has 0 saturated carbocycles. The number of amides is 2. The van der Waals surface area contributed by atoms with Crippen molar-refractivity contribution in [1.29, 1.82) is 0 Å². The van der Waals surface area contributed by atoms with Crippen molar-refractivity contribution in [3.63, 3.8) is 0 Å². The number of rotatable bonds is 6. The van der Waals surface area contributed by atoms with Crippen molar-refractivity contribution < 1.29 is 9.59 Å². The SMILES string of the molecule is CC(C)NC(=O)CNC(=O)CSc1nnc2c(Cl)cc(Cl)cn12. The molecule has 2 N–H and O–H groups in total. The maximum absolute atomic E-state index is 11.8. The number of nitrogens with one attached hydrogen (secondary N) is 2. The summed E-state index contributed by atoms with van der Waals surface area (Å²) in [7, 11) is 0. The summed E-state index contributed by atoms with van der Waals surface area (Å²) in [5.74, 6) is -0.413. The predicted molar refractivity (Wildman–Crippen MR) is 90.0 cm³/mol. The van der Waals surface area contributed by atoms with Gasteiger partial charge in [0.15, 0.2) is 10.8 Å². The molecule has 2 heterocycles. The van der Waals surface area contributed by atoms with Crippen molar-refractivity contribution in [1.82, 2.24) is 25.2 Å². The molecular weight excluding hydrogens is 361 g/mol. The van der Waals surface area contributed by atoms with E-state index in [2.05, 4.69) is 20.8 Å². The minimum absolute atomic E-state index is 0.0330. The Balaban J connectivity index is 1.91. The van der Waals surface area contributed by atoms with Crippen molar-refractivity contribution in [3.8, 4) is 0 Å². The van der Waals surface area contributed by atoms with Gasteiger partial charge >= 0.3 is 0 Å². The molecule has 0 saturated heterocycles. The summed E-state index contributed by atoms with van der Waals surface area (Å²) in [5.41, 5.74) is 0.468. The van der Waals surface area contributed by atoms with Crippen LogP contribution in [0, 0.1) is 0 Å². The number of nitrogens with zero attached hydrogens (tertiary/aromatic N) is 3. The van der Waals surface area contributed by atoms with Gasteiger partial charge < -0.3 is 10.6 Å². The summed E-state index contributed by atoms with van der Waals surface area (Å²) in [6.45, 7) is 3.64. The van der Waals surface area contributed by atoms with Crippen molar-refractivity contribution >= 4 is 52.4 Å². The van der Waals surface area contributed by atoms with Crippen LogP contribution in [-0.4, -0.2) is 44.8 Å². The lowest BCUT2D eigenvalue weighted by molar-refractivity contribution is -0.125. The quantitative estimate of drug-likeness (QED) is 0.751. The van der Waals surface area contributed by atoms with Crippen molar-refractivity contribution in [2.75, 3.05) is 12.3 Å². The summed E-state index contributed by atoms with van der Waals surface area (Å²) in [5, 5.41) is 14.5. The topological polar surface area (TPSA) is 88.4 Å². The van der Waals surface area contributed by atoms with Gasteiger partial charge in [0.25, 0.3) is 0 Å². The van der Waals surface area contributed by atoms with E-state index in [-0.39, 0.29) is 30.2 Å². The molecule has 0 aliphatic rings. The molecule has 0 aliphatic heterocycles. The second-order valence-corrected chi connectivity index (χ2v) is 6.76. The summed E-state index contributed by atoms with van der Waals surface area (Å²) >= 11 is 13.1. The van der Waals surface area contributed by atoms with E-state index in [1.54, 1.807) is 16.7 Å². The molecule has 0 radical (unpaired) electrons. The standard InChI is InChI=1S/C13H15Cl2N5O2S/c1-7(2)17-10(21)4-16-11(22)6-23-13-19-18-12-9(15)3-8(14)5-20(12)13/h3,5,7H,4,6H2,1-2H3,(H,16,22)(H,17,21). The minimum atomic E-state index is -0.279. The van der Waals surface area contributed by atoms with Crippen LogP contribution in [0.3, 0.4) is 0 Å². The van der Waals surface area contributed by atoms with Crippen LogP contribution >= 0.6 is 35.0 Å². The molecule has 2 aromatic heterocycles. The van der Waals surface area contributed by atoms with Gasteiger partial charge in [-0.15, -0.1) is 10.2 Å². The zero-order valence-electron chi connectivity index (χ0n) is 12.5. The molecule has 0 spiro atoms. The molecule has 2 amide bonds. The average molecular weight is 376 g/mol. The van der Waals surface area contributed by atoms with Crippen LogP contribution in [0.5, 0.6) is 0 Å². The fourth-order valence-corrected chi connectivity index (χ4v) is 2.98. The van der Waals surface area contributed by atoms with Gasteiger partial charge in [0.2, 0.25) is 11.8 Å². The molecule has 2 rings (SSSR count). The van der Waals surface area contributed by atoms with Gasteiger partial charge in [0, 0.05) is 12.2 Å². The van der Waals surface area contributed by atoms with E-state index in [4.69, 9.17) is 23.2 Å². The van der Waals surface area contributed by atoms with Crippen LogP contribution in [0.15, 0.2) is 17.4 Å². The fourth-order valence-electron chi connectivity index (χ4n) is 1.73. The molecule has 0 fully saturated rings. The molecular formula is C13H15Cl2N5O2S. The summed E-state index contributed by atoms with van der Waals surface area (Å²) in [4.78, 5) is 23.2. The third-order valence-corrected chi connectivity index (χ3v) is 4.05. The van der Waals surface area contributed by atoms with Crippen LogP contribution in [0.1, 0.15) is 13.8 Å². The summed E-state index contributed by atoms with van der Waals surface area (Å²) in [6, 6.07) is 1.60. The number of fused-ring (bicyclic) bond motifs is 1. The van der Waals surface area contributed by atoms with Crippen molar-refractivity contribution in [2.24, 2.45) is 0 Å². The first kappa shape index (κ1) is 17.8. The van der Waals surface area contributed by atoms with E-state index in [0.717, 1.165) is 0 Å². The summed E-state index contributed by atoms with van der Waals surface area (Å²) < 4.78 is 1.62. The molecule has 10 heteroatoms. The van der Waals surface area contributed by atoms with E-state index < -0.39 is 0 Å². The van der Waals surface area contributed by atoms with Crippen LogP contribution in [-0.2, 0) is 9.59 Å². The lowest BCUT2D eigenvalue weighted by Gasteiger charge is -2.09. The Hall–Kier alpha value is -1.51. The van der Waals surface area contributed by atoms with Crippen molar-refractivity contribution in [3.05, 3.63) is 22.3 Å². The van der Waals surface area contributed by atoms with E-state index in [1.165, 1.54) is 11.8 Å². The lowest BCUT2D eigenvalue weighted by atomic mass is 10.4. The number of aromatic nitrogens is 3. The summed E-state index contributed by atoms with van der Waals surface area (Å²) in [6.07, 6.45) is 1.62. The number of hydrogen-bond acceptors (Lipinski definition) is 5. The number of halogens is 2. The van der Waals surface area contributed by atoms with Crippen LogP contribution in [0.25, 0.3) is 5.65 Å². The largest absolute Gasteiger partial charge is 0.352 e. The highest BCUT2D eigenvalue weighted by Gasteiger charge is 2.13. The molecule has 124 valence electrons. The number of thioether (sulfide) groups is 1. The first-order valence-electron chi connectivity index (χ1n) is 6.75.